The number of morpholine rings is 1. The molecule has 0 N–H and O–H groups in total. The largest absolute Gasteiger partial charge is 0.497 e. The van der Waals surface area contributed by atoms with Gasteiger partial charge in [-0.05, 0) is 30.3 Å². The molecule has 0 spiro atoms. The first kappa shape index (κ1) is 23.4. The molecule has 34 heavy (non-hydrogen) atoms. The van der Waals surface area contributed by atoms with Crippen molar-refractivity contribution in [3.63, 3.8) is 0 Å². The van der Waals surface area contributed by atoms with Crippen molar-refractivity contribution in [2.24, 2.45) is 0 Å². The monoisotopic (exact) mass is 469 g/mol. The predicted octanol–water partition coefficient (Wildman–Crippen LogP) is 2.84. The molecule has 0 unspecified atom stereocenters. The van der Waals surface area contributed by atoms with E-state index >= 15 is 0 Å². The molecule has 10 nitrogen and oxygen atoms in total. The summed E-state index contributed by atoms with van der Waals surface area (Å²) in [5, 5.41) is 3.99. The number of amides is 2. The Hall–Kier alpha value is -3.79. The van der Waals surface area contributed by atoms with Gasteiger partial charge in [0.15, 0.2) is 11.5 Å². The van der Waals surface area contributed by atoms with Gasteiger partial charge in [0.25, 0.3) is 5.91 Å². The first-order valence-electron chi connectivity index (χ1n) is 11.0. The standard InChI is InChI=1S/C24H27N3O7/c1-30-17-5-6-21(31-2)19(14-17)22-15-20(25-34-22)24(29)27(16-18-4-3-11-33-18)8-7-23(28)26-9-12-32-13-10-26/h3-6,11,14-15H,7-10,12-13,16H2,1-2H3. The van der Waals surface area contributed by atoms with Gasteiger partial charge in [-0.25, -0.2) is 0 Å². The maximum absolute atomic E-state index is 13.3. The Morgan fingerprint density at radius 3 is 2.65 bits per heavy atom. The van der Waals surface area contributed by atoms with Gasteiger partial charge in [-0.2, -0.15) is 0 Å². The molecule has 4 rings (SSSR count). The van der Waals surface area contributed by atoms with Gasteiger partial charge in [-0.15, -0.1) is 0 Å². The van der Waals surface area contributed by atoms with E-state index in [-0.39, 0.29) is 37.0 Å². The highest BCUT2D eigenvalue weighted by Crippen LogP contribution is 2.34. The van der Waals surface area contributed by atoms with Crippen LogP contribution in [0, 0.1) is 0 Å². The molecule has 2 aromatic heterocycles. The minimum atomic E-state index is -0.372. The zero-order chi connectivity index (χ0) is 23.9. The van der Waals surface area contributed by atoms with Gasteiger partial charge in [0.1, 0.15) is 17.3 Å². The Bertz CT molecular complexity index is 1100. The average Bonchev–Trinajstić information content (AvgIpc) is 3.58. The number of methoxy groups -OCH3 is 2. The van der Waals surface area contributed by atoms with Crippen molar-refractivity contribution in [3.05, 3.63) is 54.1 Å². The molecule has 3 heterocycles. The maximum Gasteiger partial charge on any atom is 0.276 e. The van der Waals surface area contributed by atoms with E-state index in [1.165, 1.54) is 4.90 Å². The number of rotatable bonds is 9. The summed E-state index contributed by atoms with van der Waals surface area (Å²) in [6.45, 7) is 2.57. The van der Waals surface area contributed by atoms with E-state index < -0.39 is 0 Å². The number of benzene rings is 1. The zero-order valence-corrected chi connectivity index (χ0v) is 19.2. The topological polar surface area (TPSA) is 107 Å². The van der Waals surface area contributed by atoms with Crippen molar-refractivity contribution >= 4 is 11.8 Å². The number of hydrogen-bond donors (Lipinski definition) is 0. The fourth-order valence-electron chi connectivity index (χ4n) is 3.72. The first-order chi connectivity index (χ1) is 16.6. The summed E-state index contributed by atoms with van der Waals surface area (Å²) in [5.41, 5.74) is 0.721. The van der Waals surface area contributed by atoms with E-state index in [9.17, 15) is 9.59 Å². The fourth-order valence-corrected chi connectivity index (χ4v) is 3.72. The van der Waals surface area contributed by atoms with E-state index in [1.807, 2.05) is 0 Å². The van der Waals surface area contributed by atoms with Gasteiger partial charge in [0.05, 0.1) is 45.8 Å². The third-order valence-corrected chi connectivity index (χ3v) is 5.57. The highest BCUT2D eigenvalue weighted by atomic mass is 16.5. The smallest absolute Gasteiger partial charge is 0.276 e. The second-order valence-corrected chi connectivity index (χ2v) is 7.69. The fraction of sp³-hybridized carbons (Fsp3) is 0.375. The molecule has 1 fully saturated rings. The van der Waals surface area contributed by atoms with E-state index in [1.54, 1.807) is 61.8 Å². The molecule has 1 aliphatic heterocycles. The lowest BCUT2D eigenvalue weighted by molar-refractivity contribution is -0.135. The zero-order valence-electron chi connectivity index (χ0n) is 19.2. The highest BCUT2D eigenvalue weighted by molar-refractivity contribution is 5.93. The molecular weight excluding hydrogens is 442 g/mol. The van der Waals surface area contributed by atoms with Crippen molar-refractivity contribution in [1.29, 1.82) is 0 Å². The van der Waals surface area contributed by atoms with E-state index in [0.717, 1.165) is 0 Å². The molecule has 3 aromatic rings. The lowest BCUT2D eigenvalue weighted by Crippen LogP contribution is -2.42. The summed E-state index contributed by atoms with van der Waals surface area (Å²) < 4.78 is 26.9. The second-order valence-electron chi connectivity index (χ2n) is 7.69. The molecule has 2 amide bonds. The third kappa shape index (κ3) is 5.40. The molecule has 0 bridgehead atoms. The van der Waals surface area contributed by atoms with E-state index in [4.69, 9.17) is 23.2 Å². The number of hydrogen-bond acceptors (Lipinski definition) is 8. The summed E-state index contributed by atoms with van der Waals surface area (Å²) in [6.07, 6.45) is 1.72. The summed E-state index contributed by atoms with van der Waals surface area (Å²) in [4.78, 5) is 29.3. The molecule has 1 aromatic carbocycles. The van der Waals surface area contributed by atoms with E-state index in [0.29, 0.717) is 54.9 Å². The van der Waals surface area contributed by atoms with Gasteiger partial charge in [-0.1, -0.05) is 5.16 Å². The quantitative estimate of drug-likeness (QED) is 0.471. The van der Waals surface area contributed by atoms with Crippen LogP contribution in [0.1, 0.15) is 22.7 Å². The Morgan fingerprint density at radius 2 is 1.94 bits per heavy atom. The summed E-state index contributed by atoms with van der Waals surface area (Å²) >= 11 is 0. The van der Waals surface area contributed by atoms with Crippen molar-refractivity contribution in [1.82, 2.24) is 15.0 Å². The van der Waals surface area contributed by atoms with Crippen LogP contribution in [-0.2, 0) is 16.1 Å². The van der Waals surface area contributed by atoms with Crippen LogP contribution in [0.25, 0.3) is 11.3 Å². The minimum Gasteiger partial charge on any atom is -0.497 e. The minimum absolute atomic E-state index is 0.0255. The Kier molecular flexibility index (Phi) is 7.48. The maximum atomic E-state index is 13.3. The lowest BCUT2D eigenvalue weighted by atomic mass is 10.1. The number of nitrogens with zero attached hydrogens (tertiary/aromatic N) is 3. The Morgan fingerprint density at radius 1 is 1.12 bits per heavy atom. The van der Waals surface area contributed by atoms with Crippen molar-refractivity contribution in [2.75, 3.05) is 47.1 Å². The number of carbonyl (C=O) groups is 2. The molecule has 1 aliphatic rings. The molecule has 10 heteroatoms. The summed E-state index contributed by atoms with van der Waals surface area (Å²) in [6, 6.07) is 10.3. The van der Waals surface area contributed by atoms with Crippen molar-refractivity contribution < 1.29 is 32.7 Å². The van der Waals surface area contributed by atoms with Gasteiger partial charge in [0.2, 0.25) is 5.91 Å². The van der Waals surface area contributed by atoms with Crippen molar-refractivity contribution in [2.45, 2.75) is 13.0 Å². The van der Waals surface area contributed by atoms with Gasteiger partial charge < -0.3 is 33.0 Å². The summed E-state index contributed by atoms with van der Waals surface area (Å²) in [7, 11) is 3.11. The average molecular weight is 469 g/mol. The molecule has 0 aliphatic carbocycles. The van der Waals surface area contributed by atoms with Crippen molar-refractivity contribution in [3.8, 4) is 22.8 Å². The lowest BCUT2D eigenvalue weighted by Gasteiger charge is -2.28. The van der Waals surface area contributed by atoms with Crippen LogP contribution in [-0.4, -0.2) is 73.8 Å². The summed E-state index contributed by atoms with van der Waals surface area (Å²) in [5.74, 6) is 1.73. The first-order valence-corrected chi connectivity index (χ1v) is 11.0. The van der Waals surface area contributed by atoms with Crippen LogP contribution in [0.2, 0.25) is 0 Å². The Labute approximate surface area is 196 Å². The predicted molar refractivity (Wildman–Crippen MR) is 121 cm³/mol. The molecule has 180 valence electrons. The highest BCUT2D eigenvalue weighted by Gasteiger charge is 2.25. The van der Waals surface area contributed by atoms with Gasteiger partial charge in [-0.3, -0.25) is 9.59 Å². The third-order valence-electron chi connectivity index (χ3n) is 5.57. The molecule has 0 radical (unpaired) electrons. The molecular formula is C24H27N3O7. The Balaban J connectivity index is 1.52. The number of aromatic nitrogens is 1. The molecule has 1 saturated heterocycles. The number of ether oxygens (including phenoxy) is 3. The van der Waals surface area contributed by atoms with E-state index in [2.05, 4.69) is 5.16 Å². The number of carbonyl (C=O) groups excluding carboxylic acids is 2. The molecule has 0 atom stereocenters. The van der Waals surface area contributed by atoms with Crippen LogP contribution < -0.4 is 9.47 Å². The molecule has 0 saturated carbocycles. The van der Waals surface area contributed by atoms with Gasteiger partial charge in [0, 0.05) is 32.1 Å². The SMILES string of the molecule is COc1ccc(OC)c(-c2cc(C(=O)N(CCC(=O)N3CCOCC3)Cc3ccco3)no2)c1. The normalized spacial score (nSPS) is 13.5. The second kappa shape index (κ2) is 10.9. The van der Waals surface area contributed by atoms with Crippen LogP contribution in [0.15, 0.2) is 51.6 Å². The van der Waals surface area contributed by atoms with Crippen LogP contribution >= 0.6 is 0 Å². The van der Waals surface area contributed by atoms with Crippen LogP contribution in [0.3, 0.4) is 0 Å². The van der Waals surface area contributed by atoms with Crippen LogP contribution in [0.5, 0.6) is 11.5 Å². The van der Waals surface area contributed by atoms with Gasteiger partial charge >= 0.3 is 0 Å². The van der Waals surface area contributed by atoms with Crippen LogP contribution in [0.4, 0.5) is 0 Å². The number of furan rings is 1.